The van der Waals surface area contributed by atoms with Gasteiger partial charge in [0.2, 0.25) is 5.95 Å². The summed E-state index contributed by atoms with van der Waals surface area (Å²) < 4.78 is 1.85. The lowest BCUT2D eigenvalue weighted by atomic mass is 10.1. The molecule has 0 bridgehead atoms. The number of nitrogens with zero attached hydrogens (tertiary/aromatic N) is 4. The van der Waals surface area contributed by atoms with Crippen molar-refractivity contribution in [3.8, 4) is 5.69 Å². The first-order valence-corrected chi connectivity index (χ1v) is 11.1. The van der Waals surface area contributed by atoms with Crippen LogP contribution >= 0.6 is 11.3 Å². The zero-order valence-electron chi connectivity index (χ0n) is 16.4. The fraction of sp³-hybridized carbons (Fsp3) is 0.455. The number of hydrogen-bond donors (Lipinski definition) is 0. The van der Waals surface area contributed by atoms with Gasteiger partial charge in [-0.2, -0.15) is 0 Å². The maximum Gasteiger partial charge on any atom is 0.268 e. The summed E-state index contributed by atoms with van der Waals surface area (Å²) in [5, 5.41) is 0.864. The van der Waals surface area contributed by atoms with E-state index in [1.54, 1.807) is 11.3 Å². The molecule has 146 valence electrons. The largest absolute Gasteiger partial charge is 0.339 e. The molecule has 3 aromatic rings. The van der Waals surface area contributed by atoms with Gasteiger partial charge < -0.3 is 9.80 Å². The van der Waals surface area contributed by atoms with Crippen molar-refractivity contribution in [3.05, 3.63) is 51.1 Å². The van der Waals surface area contributed by atoms with Crippen molar-refractivity contribution in [1.82, 2.24) is 14.5 Å². The molecule has 1 fully saturated rings. The molecule has 0 radical (unpaired) electrons. The van der Waals surface area contributed by atoms with Crippen LogP contribution in [0.4, 0.5) is 5.95 Å². The summed E-state index contributed by atoms with van der Waals surface area (Å²) >= 11 is 1.75. The van der Waals surface area contributed by atoms with Gasteiger partial charge in [0.15, 0.2) is 0 Å². The van der Waals surface area contributed by atoms with Crippen molar-refractivity contribution in [2.75, 3.05) is 38.1 Å². The second-order valence-electron chi connectivity index (χ2n) is 7.92. The molecule has 0 atom stereocenters. The van der Waals surface area contributed by atoms with E-state index in [-0.39, 0.29) is 5.56 Å². The Balaban J connectivity index is 1.75. The third-order valence-electron chi connectivity index (χ3n) is 6.02. The Bertz CT molecular complexity index is 1050. The number of anilines is 1. The van der Waals surface area contributed by atoms with E-state index in [0.29, 0.717) is 0 Å². The third-order valence-corrected chi connectivity index (χ3v) is 7.21. The molecule has 1 aliphatic carbocycles. The van der Waals surface area contributed by atoms with Gasteiger partial charge in [-0.15, -0.1) is 11.3 Å². The Hall–Kier alpha value is -2.18. The highest BCUT2D eigenvalue weighted by Crippen LogP contribution is 2.34. The summed E-state index contributed by atoms with van der Waals surface area (Å²) in [4.78, 5) is 25.8. The number of likely N-dealkylation sites (N-methyl/N-ethyl adjacent to an activating group) is 1. The number of piperazine rings is 1. The predicted molar refractivity (Wildman–Crippen MR) is 116 cm³/mol. The number of thiophene rings is 1. The van der Waals surface area contributed by atoms with E-state index < -0.39 is 0 Å². The van der Waals surface area contributed by atoms with E-state index >= 15 is 0 Å². The summed E-state index contributed by atoms with van der Waals surface area (Å²) in [5.41, 5.74) is 2.28. The van der Waals surface area contributed by atoms with E-state index in [1.807, 2.05) is 34.9 Å². The molecule has 0 spiro atoms. The number of fused-ring (bicyclic) bond motifs is 3. The van der Waals surface area contributed by atoms with Crippen molar-refractivity contribution in [2.24, 2.45) is 0 Å². The van der Waals surface area contributed by atoms with Crippen LogP contribution in [0.3, 0.4) is 0 Å². The molecule has 2 aliphatic rings. The van der Waals surface area contributed by atoms with Crippen molar-refractivity contribution in [2.45, 2.75) is 32.1 Å². The first kappa shape index (κ1) is 17.9. The standard InChI is InChI=1S/C22H26N4OS/c1-24-12-14-25(15-13-24)22-23-20-19(17-10-6-3-7-11-18(17)28-20)21(27)26(22)16-8-4-2-5-9-16/h2,4-5,8-9H,3,6-7,10-15H2,1H3. The maximum absolute atomic E-state index is 13.8. The topological polar surface area (TPSA) is 41.4 Å². The molecule has 0 amide bonds. The molecule has 5 nitrogen and oxygen atoms in total. The van der Waals surface area contributed by atoms with Gasteiger partial charge in [-0.1, -0.05) is 24.6 Å². The average molecular weight is 395 g/mol. The van der Waals surface area contributed by atoms with Crippen LogP contribution < -0.4 is 10.5 Å². The Morgan fingerprint density at radius 3 is 2.50 bits per heavy atom. The van der Waals surface area contributed by atoms with E-state index in [0.717, 1.165) is 60.9 Å². The summed E-state index contributed by atoms with van der Waals surface area (Å²) in [6.07, 6.45) is 5.74. The Kier molecular flexibility index (Phi) is 4.69. The van der Waals surface area contributed by atoms with Gasteiger partial charge in [-0.25, -0.2) is 9.55 Å². The highest BCUT2D eigenvalue weighted by atomic mass is 32.1. The Morgan fingerprint density at radius 1 is 0.964 bits per heavy atom. The van der Waals surface area contributed by atoms with Crippen molar-refractivity contribution < 1.29 is 0 Å². The first-order valence-electron chi connectivity index (χ1n) is 10.3. The highest BCUT2D eigenvalue weighted by Gasteiger charge is 2.25. The van der Waals surface area contributed by atoms with Gasteiger partial charge in [0, 0.05) is 31.1 Å². The van der Waals surface area contributed by atoms with Crippen LogP contribution in [0.25, 0.3) is 15.9 Å². The van der Waals surface area contributed by atoms with Crippen molar-refractivity contribution in [3.63, 3.8) is 0 Å². The summed E-state index contributed by atoms with van der Waals surface area (Å²) in [5.74, 6) is 0.799. The zero-order valence-corrected chi connectivity index (χ0v) is 17.2. The number of benzene rings is 1. The predicted octanol–water partition coefficient (Wildman–Crippen LogP) is 3.47. The number of aryl methyl sites for hydroxylation is 2. The SMILES string of the molecule is CN1CCN(c2nc3sc4c(c3c(=O)n2-c2ccccc2)CCCCC4)CC1. The minimum Gasteiger partial charge on any atom is -0.339 e. The maximum atomic E-state index is 13.8. The molecular weight excluding hydrogens is 368 g/mol. The minimum atomic E-state index is 0.101. The normalized spacial score (nSPS) is 18.2. The van der Waals surface area contributed by atoms with Gasteiger partial charge in [-0.05, 0) is 50.4 Å². The van der Waals surface area contributed by atoms with E-state index in [4.69, 9.17) is 4.98 Å². The molecule has 5 rings (SSSR count). The van der Waals surface area contributed by atoms with Crippen LogP contribution in [0.2, 0.25) is 0 Å². The molecule has 1 saturated heterocycles. The lowest BCUT2D eigenvalue weighted by molar-refractivity contribution is 0.310. The van der Waals surface area contributed by atoms with Crippen molar-refractivity contribution >= 4 is 27.5 Å². The molecule has 0 saturated carbocycles. The van der Waals surface area contributed by atoms with Crippen molar-refractivity contribution in [1.29, 1.82) is 0 Å². The van der Waals surface area contributed by atoms with Crippen LogP contribution in [-0.2, 0) is 12.8 Å². The van der Waals surface area contributed by atoms with Gasteiger partial charge in [0.05, 0.1) is 11.1 Å². The van der Waals surface area contributed by atoms with E-state index in [2.05, 4.69) is 16.8 Å². The Labute approximate surface area is 169 Å². The second-order valence-corrected chi connectivity index (χ2v) is 9.01. The van der Waals surface area contributed by atoms with Gasteiger partial charge in [0.1, 0.15) is 4.83 Å². The fourth-order valence-electron chi connectivity index (χ4n) is 4.40. The minimum absolute atomic E-state index is 0.101. The van der Waals surface area contributed by atoms with Crippen LogP contribution in [0.5, 0.6) is 0 Å². The number of rotatable bonds is 2. The van der Waals surface area contributed by atoms with Crippen LogP contribution in [0.1, 0.15) is 29.7 Å². The molecule has 0 unspecified atom stereocenters. The smallest absolute Gasteiger partial charge is 0.268 e. The number of hydrogen-bond acceptors (Lipinski definition) is 5. The molecule has 2 aromatic heterocycles. The van der Waals surface area contributed by atoms with Crippen LogP contribution in [0, 0.1) is 0 Å². The first-order chi connectivity index (χ1) is 13.7. The average Bonchev–Trinajstić information content (AvgIpc) is 2.91. The lowest BCUT2D eigenvalue weighted by Gasteiger charge is -2.34. The molecule has 1 aromatic carbocycles. The third kappa shape index (κ3) is 3.05. The number of aromatic nitrogens is 2. The summed E-state index contributed by atoms with van der Waals surface area (Å²) in [7, 11) is 2.15. The second kappa shape index (κ2) is 7.33. The van der Waals surface area contributed by atoms with Gasteiger partial charge in [-0.3, -0.25) is 4.79 Å². The zero-order chi connectivity index (χ0) is 19.1. The highest BCUT2D eigenvalue weighted by molar-refractivity contribution is 7.18. The van der Waals surface area contributed by atoms with Crippen LogP contribution in [0.15, 0.2) is 35.1 Å². The van der Waals surface area contributed by atoms with Crippen LogP contribution in [-0.4, -0.2) is 47.7 Å². The van der Waals surface area contributed by atoms with Gasteiger partial charge in [0.25, 0.3) is 5.56 Å². The quantitative estimate of drug-likeness (QED) is 0.624. The van der Waals surface area contributed by atoms with E-state index in [9.17, 15) is 4.79 Å². The van der Waals surface area contributed by atoms with E-state index in [1.165, 1.54) is 29.7 Å². The molecular formula is C22H26N4OS. The number of para-hydroxylation sites is 1. The molecule has 1 aliphatic heterocycles. The lowest BCUT2D eigenvalue weighted by Crippen LogP contribution is -2.46. The monoisotopic (exact) mass is 394 g/mol. The molecule has 6 heteroatoms. The summed E-state index contributed by atoms with van der Waals surface area (Å²) in [6, 6.07) is 10.0. The molecule has 28 heavy (non-hydrogen) atoms. The Morgan fingerprint density at radius 2 is 1.71 bits per heavy atom. The van der Waals surface area contributed by atoms with Gasteiger partial charge >= 0.3 is 0 Å². The fourth-order valence-corrected chi connectivity index (χ4v) is 5.65. The molecule has 0 N–H and O–H groups in total. The molecule has 3 heterocycles. The summed E-state index contributed by atoms with van der Waals surface area (Å²) in [6.45, 7) is 3.77.